The molecule has 0 bridgehead atoms. The topological polar surface area (TPSA) is 38.9 Å². The summed E-state index contributed by atoms with van der Waals surface area (Å²) in [5.74, 6) is 0. The first-order valence-electron chi connectivity index (χ1n) is 5.11. The Hall–Kier alpha value is -1.38. The Balaban J connectivity index is 2.44. The van der Waals surface area contributed by atoms with Crippen LogP contribution in [0.25, 0.3) is 0 Å². The van der Waals surface area contributed by atoms with E-state index in [1.54, 1.807) is 6.20 Å². The summed E-state index contributed by atoms with van der Waals surface area (Å²) in [6.07, 6.45) is 1.75. The van der Waals surface area contributed by atoms with Crippen LogP contribution in [0.2, 0.25) is 5.02 Å². The van der Waals surface area contributed by atoms with Crippen LogP contribution in [0.4, 0.5) is 0 Å². The summed E-state index contributed by atoms with van der Waals surface area (Å²) < 4.78 is 0. The predicted molar refractivity (Wildman–Crippen MR) is 66.5 cm³/mol. The van der Waals surface area contributed by atoms with Crippen LogP contribution in [0.5, 0.6) is 0 Å². The van der Waals surface area contributed by atoms with Crippen molar-refractivity contribution in [2.24, 2.45) is 5.73 Å². The minimum absolute atomic E-state index is 0.269. The van der Waals surface area contributed by atoms with Gasteiger partial charge in [0.25, 0.3) is 0 Å². The molecule has 3 heteroatoms. The van der Waals surface area contributed by atoms with E-state index < -0.39 is 0 Å². The van der Waals surface area contributed by atoms with Gasteiger partial charge in [0.1, 0.15) is 0 Å². The van der Waals surface area contributed by atoms with Gasteiger partial charge in [-0.05, 0) is 30.2 Å². The fraction of sp³-hybridized carbons (Fsp3) is 0.154. The van der Waals surface area contributed by atoms with Crippen LogP contribution in [0.1, 0.15) is 22.9 Å². The summed E-state index contributed by atoms with van der Waals surface area (Å²) in [7, 11) is 0. The normalized spacial score (nSPS) is 12.4. The zero-order valence-corrected chi connectivity index (χ0v) is 9.78. The molecular formula is C13H13ClN2. The summed E-state index contributed by atoms with van der Waals surface area (Å²) in [4.78, 5) is 4.31. The zero-order valence-electron chi connectivity index (χ0n) is 9.02. The predicted octanol–water partition coefficient (Wildman–Crippen LogP) is 3.09. The molecule has 16 heavy (non-hydrogen) atoms. The molecule has 0 saturated carbocycles. The second-order valence-electron chi connectivity index (χ2n) is 3.70. The molecule has 0 fully saturated rings. The quantitative estimate of drug-likeness (QED) is 0.864. The Labute approximate surface area is 100 Å². The van der Waals surface area contributed by atoms with Crippen molar-refractivity contribution in [3.05, 3.63) is 64.4 Å². The van der Waals surface area contributed by atoms with Crippen LogP contribution in [-0.2, 0) is 0 Å². The molecule has 2 rings (SSSR count). The van der Waals surface area contributed by atoms with Gasteiger partial charge in [-0.15, -0.1) is 0 Å². The van der Waals surface area contributed by atoms with Gasteiger partial charge < -0.3 is 5.73 Å². The molecule has 1 atom stereocenters. The second-order valence-corrected chi connectivity index (χ2v) is 4.11. The monoisotopic (exact) mass is 232 g/mol. The van der Waals surface area contributed by atoms with Crippen molar-refractivity contribution < 1.29 is 0 Å². The van der Waals surface area contributed by atoms with E-state index in [0.717, 1.165) is 16.8 Å². The van der Waals surface area contributed by atoms with E-state index >= 15 is 0 Å². The molecule has 2 aromatic rings. The third kappa shape index (κ3) is 2.08. The minimum atomic E-state index is -0.269. The lowest BCUT2D eigenvalue weighted by Crippen LogP contribution is -2.15. The lowest BCUT2D eigenvalue weighted by atomic mass is 10.0. The molecule has 1 unspecified atom stereocenters. The van der Waals surface area contributed by atoms with Gasteiger partial charge in [-0.1, -0.05) is 35.9 Å². The molecule has 1 aromatic heterocycles. The molecule has 0 radical (unpaired) electrons. The van der Waals surface area contributed by atoms with E-state index in [1.807, 2.05) is 43.3 Å². The maximum Gasteiger partial charge on any atom is 0.0743 e. The van der Waals surface area contributed by atoms with Crippen molar-refractivity contribution >= 4 is 11.6 Å². The number of halogens is 1. The Morgan fingerprint density at radius 1 is 1.19 bits per heavy atom. The van der Waals surface area contributed by atoms with Gasteiger partial charge in [-0.25, -0.2) is 0 Å². The molecule has 1 aromatic carbocycles. The zero-order chi connectivity index (χ0) is 11.5. The summed E-state index contributed by atoms with van der Waals surface area (Å²) in [5.41, 5.74) is 9.03. The standard InChI is InChI=1S/C13H13ClN2/c1-9-5-4-8-16-13(9)12(15)10-6-2-3-7-11(10)14/h2-8,12H,15H2,1H3. The number of pyridine rings is 1. The van der Waals surface area contributed by atoms with Crippen LogP contribution >= 0.6 is 11.6 Å². The molecule has 0 aliphatic heterocycles. The first-order valence-corrected chi connectivity index (χ1v) is 5.49. The summed E-state index contributed by atoms with van der Waals surface area (Å²) >= 11 is 6.11. The first kappa shape index (κ1) is 11.1. The van der Waals surface area contributed by atoms with Crippen LogP contribution in [0.3, 0.4) is 0 Å². The van der Waals surface area contributed by atoms with Gasteiger partial charge in [0.05, 0.1) is 11.7 Å². The van der Waals surface area contributed by atoms with Gasteiger partial charge in [-0.3, -0.25) is 4.98 Å². The van der Waals surface area contributed by atoms with Crippen molar-refractivity contribution in [3.63, 3.8) is 0 Å². The maximum absolute atomic E-state index is 6.17. The van der Waals surface area contributed by atoms with Crippen molar-refractivity contribution in [1.82, 2.24) is 4.98 Å². The SMILES string of the molecule is Cc1cccnc1C(N)c1ccccc1Cl. The molecule has 0 aliphatic rings. The number of aromatic nitrogens is 1. The van der Waals surface area contributed by atoms with E-state index in [-0.39, 0.29) is 6.04 Å². The molecular weight excluding hydrogens is 220 g/mol. The van der Waals surface area contributed by atoms with Crippen LogP contribution in [0.15, 0.2) is 42.6 Å². The van der Waals surface area contributed by atoms with Gasteiger partial charge in [0, 0.05) is 11.2 Å². The van der Waals surface area contributed by atoms with Crippen LogP contribution in [-0.4, -0.2) is 4.98 Å². The molecule has 2 N–H and O–H groups in total. The van der Waals surface area contributed by atoms with Crippen molar-refractivity contribution in [2.45, 2.75) is 13.0 Å². The number of hydrogen-bond donors (Lipinski definition) is 1. The summed E-state index contributed by atoms with van der Waals surface area (Å²) in [5, 5.41) is 0.681. The third-order valence-electron chi connectivity index (χ3n) is 2.58. The minimum Gasteiger partial charge on any atom is -0.319 e. The van der Waals surface area contributed by atoms with E-state index in [1.165, 1.54) is 0 Å². The number of hydrogen-bond acceptors (Lipinski definition) is 2. The number of aryl methyl sites for hydroxylation is 1. The highest BCUT2D eigenvalue weighted by Gasteiger charge is 2.14. The Morgan fingerprint density at radius 3 is 2.62 bits per heavy atom. The van der Waals surface area contributed by atoms with Gasteiger partial charge in [0.15, 0.2) is 0 Å². The second kappa shape index (κ2) is 4.64. The highest BCUT2D eigenvalue weighted by molar-refractivity contribution is 6.31. The van der Waals surface area contributed by atoms with Crippen LogP contribution < -0.4 is 5.73 Å². The first-order chi connectivity index (χ1) is 7.70. The van der Waals surface area contributed by atoms with Crippen LogP contribution in [0, 0.1) is 6.92 Å². The number of nitrogens with zero attached hydrogens (tertiary/aromatic N) is 1. The Kier molecular flexibility index (Phi) is 3.22. The molecule has 1 heterocycles. The highest BCUT2D eigenvalue weighted by Crippen LogP contribution is 2.26. The fourth-order valence-corrected chi connectivity index (χ4v) is 1.95. The van der Waals surface area contributed by atoms with Gasteiger partial charge in [-0.2, -0.15) is 0 Å². The molecule has 0 saturated heterocycles. The Morgan fingerprint density at radius 2 is 1.94 bits per heavy atom. The largest absolute Gasteiger partial charge is 0.319 e. The number of benzene rings is 1. The van der Waals surface area contributed by atoms with Crippen molar-refractivity contribution in [3.8, 4) is 0 Å². The molecule has 82 valence electrons. The van der Waals surface area contributed by atoms with E-state index in [4.69, 9.17) is 17.3 Å². The maximum atomic E-state index is 6.17. The average molecular weight is 233 g/mol. The Bertz CT molecular complexity index is 451. The van der Waals surface area contributed by atoms with Crippen molar-refractivity contribution in [2.75, 3.05) is 0 Å². The molecule has 0 aliphatic carbocycles. The van der Waals surface area contributed by atoms with Gasteiger partial charge >= 0.3 is 0 Å². The van der Waals surface area contributed by atoms with E-state index in [0.29, 0.717) is 5.02 Å². The lowest BCUT2D eigenvalue weighted by Gasteiger charge is -2.14. The number of nitrogens with two attached hydrogens (primary N) is 1. The van der Waals surface area contributed by atoms with E-state index in [9.17, 15) is 0 Å². The third-order valence-corrected chi connectivity index (χ3v) is 2.93. The average Bonchev–Trinajstić information content (AvgIpc) is 2.29. The molecule has 0 spiro atoms. The van der Waals surface area contributed by atoms with Crippen molar-refractivity contribution in [1.29, 1.82) is 0 Å². The summed E-state index contributed by atoms with van der Waals surface area (Å²) in [6, 6.07) is 11.2. The summed E-state index contributed by atoms with van der Waals surface area (Å²) in [6.45, 7) is 2.00. The molecule has 2 nitrogen and oxygen atoms in total. The highest BCUT2D eigenvalue weighted by atomic mass is 35.5. The fourth-order valence-electron chi connectivity index (χ4n) is 1.70. The van der Waals surface area contributed by atoms with E-state index in [2.05, 4.69) is 4.98 Å². The lowest BCUT2D eigenvalue weighted by molar-refractivity contribution is 0.818. The smallest absolute Gasteiger partial charge is 0.0743 e. The number of rotatable bonds is 2. The molecule has 0 amide bonds. The van der Waals surface area contributed by atoms with Gasteiger partial charge in [0.2, 0.25) is 0 Å².